The Balaban J connectivity index is 2.05. The fourth-order valence-electron chi connectivity index (χ4n) is 3.03. The molecule has 0 saturated carbocycles. The van der Waals surface area contributed by atoms with Gasteiger partial charge in [0.1, 0.15) is 11.4 Å². The first-order chi connectivity index (χ1) is 15.8. The molecule has 0 fully saturated rings. The molecule has 0 aliphatic carbocycles. The van der Waals surface area contributed by atoms with Crippen molar-refractivity contribution >= 4 is 17.7 Å². The lowest BCUT2D eigenvalue weighted by Crippen LogP contribution is -2.41. The molecule has 33 heavy (non-hydrogen) atoms. The molecule has 3 rings (SSSR count). The molecule has 0 radical (unpaired) electrons. The average molecular weight is 461 g/mol. The summed E-state index contributed by atoms with van der Waals surface area (Å²) in [6, 6.07) is 5.95. The Bertz CT molecular complexity index is 1220. The molecule has 2 aromatic carbocycles. The first-order valence-corrected chi connectivity index (χ1v) is 10.1. The maximum atomic E-state index is 14.1. The van der Waals surface area contributed by atoms with E-state index in [9.17, 15) is 28.3 Å². The first-order valence-electron chi connectivity index (χ1n) is 10.1. The SMILES string of the molecule is CCCCOc1ccc(C(=O)O)cc1N(CC)C(=O)n1nnn(-c2c(F)cccc2F)c1=O. The van der Waals surface area contributed by atoms with Gasteiger partial charge in [-0.1, -0.05) is 19.4 Å². The minimum atomic E-state index is -1.22. The predicted molar refractivity (Wildman–Crippen MR) is 113 cm³/mol. The number of nitrogens with zero attached hydrogens (tertiary/aromatic N) is 5. The van der Waals surface area contributed by atoms with E-state index in [1.807, 2.05) is 6.92 Å². The van der Waals surface area contributed by atoms with Gasteiger partial charge in [0.05, 0.1) is 17.9 Å². The number of rotatable bonds is 8. The van der Waals surface area contributed by atoms with Crippen LogP contribution < -0.4 is 15.3 Å². The highest BCUT2D eigenvalue weighted by molar-refractivity contribution is 5.97. The maximum Gasteiger partial charge on any atom is 0.377 e. The molecule has 1 heterocycles. The molecule has 0 bridgehead atoms. The summed E-state index contributed by atoms with van der Waals surface area (Å²) in [5, 5.41) is 16.3. The molecule has 0 unspecified atom stereocenters. The van der Waals surface area contributed by atoms with Crippen molar-refractivity contribution in [1.29, 1.82) is 0 Å². The molecule has 1 aromatic heterocycles. The lowest BCUT2D eigenvalue weighted by molar-refractivity contribution is 0.0696. The molecule has 0 saturated heterocycles. The van der Waals surface area contributed by atoms with Crippen molar-refractivity contribution < 1.29 is 28.2 Å². The topological polar surface area (TPSA) is 120 Å². The lowest BCUT2D eigenvalue weighted by Gasteiger charge is -2.23. The van der Waals surface area contributed by atoms with Gasteiger partial charge in [-0.2, -0.15) is 4.68 Å². The number of anilines is 1. The van der Waals surface area contributed by atoms with Crippen molar-refractivity contribution in [3.63, 3.8) is 0 Å². The van der Waals surface area contributed by atoms with Gasteiger partial charge in [-0.25, -0.2) is 23.2 Å². The third kappa shape index (κ3) is 4.73. The largest absolute Gasteiger partial charge is 0.491 e. The van der Waals surface area contributed by atoms with E-state index in [2.05, 4.69) is 10.4 Å². The standard InChI is InChI=1S/C21H21F2N5O5/c1-3-5-11-33-17-10-9-13(19(29)30)12-16(17)26(4-2)20(31)28-21(32)27(24-25-28)18-14(22)7-6-8-15(18)23/h6-10,12H,3-5,11H2,1-2H3,(H,29,30). The van der Waals surface area contributed by atoms with Gasteiger partial charge in [-0.15, -0.1) is 4.68 Å². The number of ether oxygens (including phenoxy) is 1. The van der Waals surface area contributed by atoms with Crippen LogP contribution in [-0.4, -0.2) is 50.0 Å². The van der Waals surface area contributed by atoms with Gasteiger partial charge in [0.15, 0.2) is 11.6 Å². The van der Waals surface area contributed by atoms with Crippen LogP contribution in [0.1, 0.15) is 37.0 Å². The molecular formula is C21H21F2N5O5. The summed E-state index contributed by atoms with van der Waals surface area (Å²) in [7, 11) is 0. The van der Waals surface area contributed by atoms with Crippen LogP contribution >= 0.6 is 0 Å². The summed E-state index contributed by atoms with van der Waals surface area (Å²) >= 11 is 0. The van der Waals surface area contributed by atoms with Crippen molar-refractivity contribution in [1.82, 2.24) is 19.8 Å². The Morgan fingerprint density at radius 1 is 1.12 bits per heavy atom. The quantitative estimate of drug-likeness (QED) is 0.404. The van der Waals surface area contributed by atoms with Crippen molar-refractivity contribution in [3.8, 4) is 11.4 Å². The van der Waals surface area contributed by atoms with Gasteiger partial charge in [-0.3, -0.25) is 4.90 Å². The third-order valence-electron chi connectivity index (χ3n) is 4.71. The second-order valence-electron chi connectivity index (χ2n) is 6.87. The lowest BCUT2D eigenvalue weighted by atomic mass is 10.1. The number of tetrazole rings is 1. The summed E-state index contributed by atoms with van der Waals surface area (Å²) in [6.07, 6.45) is 1.58. The van der Waals surface area contributed by atoms with Crippen LogP contribution in [0, 0.1) is 11.6 Å². The second kappa shape index (κ2) is 10.0. The summed E-state index contributed by atoms with van der Waals surface area (Å²) in [5.41, 5.74) is -1.99. The first kappa shape index (κ1) is 23.6. The number of benzene rings is 2. The summed E-state index contributed by atoms with van der Waals surface area (Å²) in [5.74, 6) is -3.13. The van der Waals surface area contributed by atoms with Gasteiger partial charge in [0, 0.05) is 6.54 Å². The maximum absolute atomic E-state index is 14.1. The number of carboxylic acid groups (broad SMARTS) is 1. The van der Waals surface area contributed by atoms with Crippen molar-refractivity contribution in [2.75, 3.05) is 18.1 Å². The van der Waals surface area contributed by atoms with Crippen LogP contribution in [0.2, 0.25) is 0 Å². The van der Waals surface area contributed by atoms with Crippen LogP contribution in [0.3, 0.4) is 0 Å². The molecule has 1 amide bonds. The summed E-state index contributed by atoms with van der Waals surface area (Å²) in [4.78, 5) is 38.4. The van der Waals surface area contributed by atoms with E-state index in [-0.39, 0.29) is 23.5 Å². The zero-order valence-corrected chi connectivity index (χ0v) is 17.9. The molecular weight excluding hydrogens is 440 g/mol. The van der Waals surface area contributed by atoms with Gasteiger partial charge in [0.2, 0.25) is 0 Å². The average Bonchev–Trinajstić information content (AvgIpc) is 3.16. The minimum absolute atomic E-state index is 0.000593. The summed E-state index contributed by atoms with van der Waals surface area (Å²) < 4.78 is 34.6. The van der Waals surface area contributed by atoms with Crippen molar-refractivity contribution in [2.45, 2.75) is 26.7 Å². The Labute approximate surface area is 186 Å². The zero-order valence-electron chi connectivity index (χ0n) is 17.9. The third-order valence-corrected chi connectivity index (χ3v) is 4.71. The number of hydrogen-bond donors (Lipinski definition) is 1. The van der Waals surface area contributed by atoms with Crippen LogP contribution in [0.5, 0.6) is 5.75 Å². The Morgan fingerprint density at radius 3 is 2.42 bits per heavy atom. The highest BCUT2D eigenvalue weighted by atomic mass is 19.1. The highest BCUT2D eigenvalue weighted by Crippen LogP contribution is 2.30. The van der Waals surface area contributed by atoms with Crippen LogP contribution in [0.4, 0.5) is 19.3 Å². The van der Waals surface area contributed by atoms with E-state index < -0.39 is 35.0 Å². The smallest absolute Gasteiger partial charge is 0.377 e. The Kier molecular flexibility index (Phi) is 7.16. The van der Waals surface area contributed by atoms with E-state index in [1.54, 1.807) is 6.92 Å². The normalized spacial score (nSPS) is 10.8. The van der Waals surface area contributed by atoms with E-state index in [4.69, 9.17) is 4.74 Å². The predicted octanol–water partition coefficient (Wildman–Crippen LogP) is 3.08. The molecule has 3 aromatic rings. The minimum Gasteiger partial charge on any atom is -0.491 e. The van der Waals surface area contributed by atoms with Gasteiger partial charge >= 0.3 is 17.7 Å². The fraction of sp³-hybridized carbons (Fsp3) is 0.286. The van der Waals surface area contributed by atoms with E-state index in [0.29, 0.717) is 16.0 Å². The number of para-hydroxylation sites is 1. The van der Waals surface area contributed by atoms with E-state index >= 15 is 0 Å². The van der Waals surface area contributed by atoms with Gasteiger partial charge < -0.3 is 9.84 Å². The second-order valence-corrected chi connectivity index (χ2v) is 6.87. The number of halogens is 2. The zero-order chi connectivity index (χ0) is 24.1. The van der Waals surface area contributed by atoms with Gasteiger partial charge in [-0.05, 0) is 54.1 Å². The molecule has 10 nitrogen and oxygen atoms in total. The number of carbonyl (C=O) groups is 2. The number of carbonyl (C=O) groups excluding carboxylic acids is 1. The fourth-order valence-corrected chi connectivity index (χ4v) is 3.03. The van der Waals surface area contributed by atoms with Crippen LogP contribution in [-0.2, 0) is 0 Å². The monoisotopic (exact) mass is 461 g/mol. The molecule has 12 heteroatoms. The Morgan fingerprint density at radius 2 is 1.82 bits per heavy atom. The summed E-state index contributed by atoms with van der Waals surface area (Å²) in [6.45, 7) is 3.88. The van der Waals surface area contributed by atoms with Crippen molar-refractivity contribution in [2.24, 2.45) is 0 Å². The van der Waals surface area contributed by atoms with Gasteiger partial charge in [0.25, 0.3) is 0 Å². The molecule has 174 valence electrons. The van der Waals surface area contributed by atoms with Crippen molar-refractivity contribution in [3.05, 3.63) is 64.1 Å². The highest BCUT2D eigenvalue weighted by Gasteiger charge is 2.26. The molecule has 0 aliphatic rings. The molecule has 0 atom stereocenters. The number of unbranched alkanes of at least 4 members (excludes halogenated alkanes) is 1. The number of hydrogen-bond acceptors (Lipinski definition) is 6. The van der Waals surface area contributed by atoms with Crippen LogP contribution in [0.25, 0.3) is 5.69 Å². The molecule has 0 spiro atoms. The Hall–Kier alpha value is -4.09. The molecule has 1 N–H and O–H groups in total. The van der Waals surface area contributed by atoms with E-state index in [0.717, 1.165) is 35.9 Å². The number of carboxylic acids is 1. The number of aromatic nitrogens is 4. The number of amides is 1. The molecule has 0 aliphatic heterocycles. The van der Waals surface area contributed by atoms with E-state index in [1.165, 1.54) is 18.2 Å². The number of aromatic carboxylic acids is 1. The van der Waals surface area contributed by atoms with Crippen LogP contribution in [0.15, 0.2) is 41.2 Å².